The van der Waals surface area contributed by atoms with Crippen LogP contribution < -0.4 is 5.32 Å². The summed E-state index contributed by atoms with van der Waals surface area (Å²) in [5.74, 6) is 0. The Morgan fingerprint density at radius 2 is 2.46 bits per heavy atom. The van der Waals surface area contributed by atoms with Crippen LogP contribution in [0.3, 0.4) is 0 Å². The molecule has 0 bridgehead atoms. The van der Waals surface area contributed by atoms with Crippen LogP contribution in [-0.4, -0.2) is 19.2 Å². The fourth-order valence-electron chi connectivity index (χ4n) is 1.03. The van der Waals surface area contributed by atoms with E-state index in [0.29, 0.717) is 6.10 Å². The molecule has 0 radical (unpaired) electrons. The van der Waals surface area contributed by atoms with Gasteiger partial charge in [-0.05, 0) is 24.9 Å². The molecule has 0 amide bonds. The van der Waals surface area contributed by atoms with E-state index in [4.69, 9.17) is 4.74 Å². The second-order valence-electron chi connectivity index (χ2n) is 3.01. The van der Waals surface area contributed by atoms with Crippen molar-refractivity contribution >= 4 is 11.3 Å². The summed E-state index contributed by atoms with van der Waals surface area (Å²) < 4.78 is 5.64. The Labute approximate surface area is 83.9 Å². The van der Waals surface area contributed by atoms with Crippen molar-refractivity contribution in [2.24, 2.45) is 0 Å². The van der Waals surface area contributed by atoms with Crippen molar-refractivity contribution < 1.29 is 4.74 Å². The average molecular weight is 199 g/mol. The molecule has 0 aliphatic carbocycles. The lowest BCUT2D eigenvalue weighted by molar-refractivity contribution is 0.0552. The number of likely N-dealkylation sites (N-methyl/N-ethyl adjacent to an activating group) is 1. The summed E-state index contributed by atoms with van der Waals surface area (Å²) in [4.78, 5) is 1.29. The lowest BCUT2D eigenvalue weighted by Crippen LogP contribution is -2.26. The molecule has 74 valence electrons. The van der Waals surface area contributed by atoms with Crippen LogP contribution in [0.2, 0.25) is 0 Å². The molecule has 13 heavy (non-hydrogen) atoms. The number of nitrogens with one attached hydrogen (secondary N) is 1. The van der Waals surface area contributed by atoms with Gasteiger partial charge in [0.05, 0.1) is 12.7 Å². The first-order valence-electron chi connectivity index (χ1n) is 4.67. The molecule has 0 saturated carbocycles. The van der Waals surface area contributed by atoms with E-state index in [1.165, 1.54) is 4.88 Å². The van der Waals surface area contributed by atoms with Crippen molar-refractivity contribution in [1.29, 1.82) is 0 Å². The number of hydrogen-bond acceptors (Lipinski definition) is 3. The fraction of sp³-hybridized carbons (Fsp3) is 0.600. The maximum Gasteiger partial charge on any atom is 0.0813 e. The molecule has 2 nitrogen and oxygen atoms in total. The summed E-state index contributed by atoms with van der Waals surface area (Å²) in [6, 6.07) is 4.16. The smallest absolute Gasteiger partial charge is 0.0813 e. The van der Waals surface area contributed by atoms with Gasteiger partial charge in [-0.1, -0.05) is 13.0 Å². The van der Waals surface area contributed by atoms with Crippen LogP contribution in [0.25, 0.3) is 0 Å². The largest absolute Gasteiger partial charge is 0.372 e. The van der Waals surface area contributed by atoms with Crippen LogP contribution in [0.15, 0.2) is 17.5 Å². The van der Waals surface area contributed by atoms with Gasteiger partial charge in [0.15, 0.2) is 0 Å². The Kier molecular flexibility index (Phi) is 5.05. The van der Waals surface area contributed by atoms with Gasteiger partial charge in [-0.15, -0.1) is 11.3 Å². The van der Waals surface area contributed by atoms with Crippen molar-refractivity contribution in [3.8, 4) is 0 Å². The van der Waals surface area contributed by atoms with Gasteiger partial charge in [0.25, 0.3) is 0 Å². The van der Waals surface area contributed by atoms with E-state index in [-0.39, 0.29) is 0 Å². The molecule has 1 aromatic rings. The number of rotatable bonds is 6. The Balaban J connectivity index is 2.11. The summed E-state index contributed by atoms with van der Waals surface area (Å²) in [6.07, 6.45) is 0.294. The molecule has 0 fully saturated rings. The van der Waals surface area contributed by atoms with Gasteiger partial charge in [-0.25, -0.2) is 0 Å². The molecule has 1 aromatic heterocycles. The highest BCUT2D eigenvalue weighted by Gasteiger charge is 2.01. The molecule has 1 heterocycles. The minimum absolute atomic E-state index is 0.294. The third-order valence-electron chi connectivity index (χ3n) is 1.77. The Morgan fingerprint density at radius 1 is 1.62 bits per heavy atom. The molecule has 1 unspecified atom stereocenters. The van der Waals surface area contributed by atoms with Gasteiger partial charge >= 0.3 is 0 Å². The third kappa shape index (κ3) is 4.41. The molecular formula is C10H17NOS. The topological polar surface area (TPSA) is 21.3 Å². The predicted octanol–water partition coefficient (Wildman–Crippen LogP) is 2.26. The fourth-order valence-corrected chi connectivity index (χ4v) is 1.65. The maximum absolute atomic E-state index is 5.64. The third-order valence-corrected chi connectivity index (χ3v) is 2.62. The van der Waals surface area contributed by atoms with Crippen LogP contribution in [0.1, 0.15) is 18.7 Å². The number of ether oxygens (including phenoxy) is 1. The normalized spacial score (nSPS) is 13.1. The van der Waals surface area contributed by atoms with Crippen LogP contribution in [-0.2, 0) is 11.3 Å². The van der Waals surface area contributed by atoms with Gasteiger partial charge in [0.1, 0.15) is 0 Å². The highest BCUT2D eigenvalue weighted by Crippen LogP contribution is 2.10. The van der Waals surface area contributed by atoms with Gasteiger partial charge in [0.2, 0.25) is 0 Å². The molecular weight excluding hydrogens is 182 g/mol. The molecule has 1 rings (SSSR count). The molecule has 1 N–H and O–H groups in total. The SMILES string of the molecule is CCNCC(C)OCc1cccs1. The zero-order chi connectivity index (χ0) is 9.52. The van der Waals surface area contributed by atoms with Crippen molar-refractivity contribution in [2.75, 3.05) is 13.1 Å². The lowest BCUT2D eigenvalue weighted by Gasteiger charge is -2.12. The van der Waals surface area contributed by atoms with Crippen molar-refractivity contribution in [2.45, 2.75) is 26.6 Å². The number of hydrogen-bond donors (Lipinski definition) is 1. The van der Waals surface area contributed by atoms with E-state index in [0.717, 1.165) is 19.7 Å². The molecule has 0 aromatic carbocycles. The van der Waals surface area contributed by atoms with Crippen molar-refractivity contribution in [3.63, 3.8) is 0 Å². The minimum atomic E-state index is 0.294. The van der Waals surface area contributed by atoms with Crippen molar-refractivity contribution in [1.82, 2.24) is 5.32 Å². The van der Waals surface area contributed by atoms with E-state index in [9.17, 15) is 0 Å². The van der Waals surface area contributed by atoms with Crippen LogP contribution in [0, 0.1) is 0 Å². The summed E-state index contributed by atoms with van der Waals surface area (Å²) in [7, 11) is 0. The van der Waals surface area contributed by atoms with E-state index in [1.54, 1.807) is 11.3 Å². The Bertz CT molecular complexity index is 211. The molecule has 1 atom stereocenters. The first kappa shape index (κ1) is 10.7. The zero-order valence-corrected chi connectivity index (χ0v) is 9.06. The Hall–Kier alpha value is -0.380. The van der Waals surface area contributed by atoms with E-state index >= 15 is 0 Å². The maximum atomic E-state index is 5.64. The first-order valence-corrected chi connectivity index (χ1v) is 5.55. The number of thiophene rings is 1. The summed E-state index contributed by atoms with van der Waals surface area (Å²) in [5.41, 5.74) is 0. The van der Waals surface area contributed by atoms with Crippen molar-refractivity contribution in [3.05, 3.63) is 22.4 Å². The molecule has 0 spiro atoms. The minimum Gasteiger partial charge on any atom is -0.372 e. The molecule has 0 aliphatic rings. The van der Waals surface area contributed by atoms with Crippen LogP contribution in [0.5, 0.6) is 0 Å². The van der Waals surface area contributed by atoms with Crippen LogP contribution >= 0.6 is 11.3 Å². The second-order valence-corrected chi connectivity index (χ2v) is 4.04. The first-order chi connectivity index (χ1) is 6.33. The Morgan fingerprint density at radius 3 is 3.08 bits per heavy atom. The quantitative estimate of drug-likeness (QED) is 0.759. The molecule has 3 heteroatoms. The standard InChI is InChI=1S/C10H17NOS/c1-3-11-7-9(2)12-8-10-5-4-6-13-10/h4-6,9,11H,3,7-8H2,1-2H3. The summed E-state index contributed by atoms with van der Waals surface area (Å²) in [5, 5.41) is 5.33. The predicted molar refractivity (Wildman–Crippen MR) is 57.1 cm³/mol. The summed E-state index contributed by atoms with van der Waals surface area (Å²) in [6.45, 7) is 6.88. The van der Waals surface area contributed by atoms with E-state index in [1.807, 2.05) is 0 Å². The van der Waals surface area contributed by atoms with Gasteiger partial charge in [0, 0.05) is 11.4 Å². The molecule has 0 saturated heterocycles. The van der Waals surface area contributed by atoms with Gasteiger partial charge in [-0.3, -0.25) is 0 Å². The monoisotopic (exact) mass is 199 g/mol. The zero-order valence-electron chi connectivity index (χ0n) is 8.25. The lowest BCUT2D eigenvalue weighted by atomic mass is 10.4. The summed E-state index contributed by atoms with van der Waals surface area (Å²) >= 11 is 1.74. The highest BCUT2D eigenvalue weighted by atomic mass is 32.1. The van der Waals surface area contributed by atoms with Gasteiger partial charge < -0.3 is 10.1 Å². The highest BCUT2D eigenvalue weighted by molar-refractivity contribution is 7.09. The van der Waals surface area contributed by atoms with E-state index < -0.39 is 0 Å². The van der Waals surface area contributed by atoms with Gasteiger partial charge in [-0.2, -0.15) is 0 Å². The second kappa shape index (κ2) is 6.13. The average Bonchev–Trinajstić information content (AvgIpc) is 2.64. The van der Waals surface area contributed by atoms with E-state index in [2.05, 4.69) is 36.7 Å². The molecule has 0 aliphatic heterocycles. The van der Waals surface area contributed by atoms with Crippen LogP contribution in [0.4, 0.5) is 0 Å².